The van der Waals surface area contributed by atoms with Crippen molar-refractivity contribution in [2.24, 2.45) is 0 Å². The molecule has 0 fully saturated rings. The number of rotatable bonds is 6. The molecule has 0 aliphatic heterocycles. The molecule has 134 valence electrons. The summed E-state index contributed by atoms with van der Waals surface area (Å²) < 4.78 is 28.8. The molecule has 2 rings (SSSR count). The van der Waals surface area contributed by atoms with E-state index in [0.29, 0.717) is 5.56 Å². The van der Waals surface area contributed by atoms with E-state index in [1.54, 1.807) is 0 Å². The molecule has 1 atom stereocenters. The van der Waals surface area contributed by atoms with E-state index in [2.05, 4.69) is 5.32 Å². The Morgan fingerprint density at radius 2 is 1.60 bits per heavy atom. The molecule has 0 saturated carbocycles. The van der Waals surface area contributed by atoms with Gasteiger partial charge in [-0.1, -0.05) is 18.2 Å². The Morgan fingerprint density at radius 3 is 2.16 bits per heavy atom. The number of hydrogen-bond donors (Lipinski definition) is 1. The number of amides is 1. The van der Waals surface area contributed by atoms with Crippen molar-refractivity contribution in [3.8, 4) is 5.75 Å². The van der Waals surface area contributed by atoms with Crippen molar-refractivity contribution >= 4 is 15.7 Å². The maximum atomic E-state index is 12.4. The van der Waals surface area contributed by atoms with Crippen molar-refractivity contribution in [3.05, 3.63) is 59.7 Å². The molecule has 0 aliphatic rings. The molecule has 6 heteroatoms. The third-order valence-electron chi connectivity index (χ3n) is 3.64. The van der Waals surface area contributed by atoms with Crippen LogP contribution in [-0.2, 0) is 9.84 Å². The zero-order chi connectivity index (χ0) is 18.6. The average molecular weight is 361 g/mol. The molecule has 0 saturated heterocycles. The van der Waals surface area contributed by atoms with Crippen molar-refractivity contribution < 1.29 is 17.9 Å². The van der Waals surface area contributed by atoms with Gasteiger partial charge in [-0.3, -0.25) is 4.79 Å². The van der Waals surface area contributed by atoms with Gasteiger partial charge in [0.1, 0.15) is 5.75 Å². The van der Waals surface area contributed by atoms with Crippen molar-refractivity contribution in [2.45, 2.75) is 37.8 Å². The van der Waals surface area contributed by atoms with Gasteiger partial charge in [-0.25, -0.2) is 8.42 Å². The maximum absolute atomic E-state index is 12.4. The lowest BCUT2D eigenvalue weighted by molar-refractivity contribution is 0.0939. The van der Waals surface area contributed by atoms with Gasteiger partial charge in [-0.2, -0.15) is 0 Å². The molecule has 0 spiro atoms. The van der Waals surface area contributed by atoms with Crippen LogP contribution >= 0.6 is 0 Å². The van der Waals surface area contributed by atoms with E-state index >= 15 is 0 Å². The largest absolute Gasteiger partial charge is 0.491 e. The number of benzene rings is 2. The Balaban J connectivity index is 2.15. The molecule has 0 heterocycles. The Hall–Kier alpha value is -2.34. The zero-order valence-corrected chi connectivity index (χ0v) is 15.6. The maximum Gasteiger partial charge on any atom is 0.251 e. The van der Waals surface area contributed by atoms with Gasteiger partial charge in [0.25, 0.3) is 5.91 Å². The third-order valence-corrected chi connectivity index (χ3v) is 4.77. The van der Waals surface area contributed by atoms with Crippen LogP contribution in [-0.4, -0.2) is 26.7 Å². The van der Waals surface area contributed by atoms with Gasteiger partial charge >= 0.3 is 0 Å². The highest BCUT2D eigenvalue weighted by atomic mass is 32.2. The summed E-state index contributed by atoms with van der Waals surface area (Å²) in [4.78, 5) is 12.6. The number of nitrogens with one attached hydrogen (secondary N) is 1. The fourth-order valence-corrected chi connectivity index (χ4v) is 3.04. The third kappa shape index (κ3) is 5.06. The lowest BCUT2D eigenvalue weighted by atomic mass is 10.1. The van der Waals surface area contributed by atoms with E-state index in [-0.39, 0.29) is 22.9 Å². The summed E-state index contributed by atoms with van der Waals surface area (Å²) in [7, 11) is -3.28. The van der Waals surface area contributed by atoms with Crippen LogP contribution in [0.1, 0.15) is 42.7 Å². The van der Waals surface area contributed by atoms with Crippen LogP contribution in [0.25, 0.3) is 0 Å². The molecule has 0 aromatic heterocycles. The minimum absolute atomic E-state index is 0.0348. The number of para-hydroxylation sites is 1. The van der Waals surface area contributed by atoms with Gasteiger partial charge < -0.3 is 10.1 Å². The van der Waals surface area contributed by atoms with E-state index < -0.39 is 9.84 Å². The van der Waals surface area contributed by atoms with Crippen LogP contribution in [0.5, 0.6) is 5.75 Å². The Labute approximate surface area is 148 Å². The predicted octanol–water partition coefficient (Wildman–Crippen LogP) is 3.37. The number of carbonyl (C=O) groups is 1. The molecule has 5 nitrogen and oxygen atoms in total. The first-order valence-electron chi connectivity index (χ1n) is 8.05. The second-order valence-electron chi connectivity index (χ2n) is 6.20. The Kier molecular flexibility index (Phi) is 5.85. The molecule has 1 amide bonds. The molecule has 0 unspecified atom stereocenters. The molecular weight excluding hydrogens is 338 g/mol. The summed E-state index contributed by atoms with van der Waals surface area (Å²) in [5, 5.41) is 2.92. The van der Waals surface area contributed by atoms with Gasteiger partial charge in [-0.05, 0) is 51.1 Å². The first-order chi connectivity index (χ1) is 11.7. The van der Waals surface area contributed by atoms with Gasteiger partial charge in [0.2, 0.25) is 0 Å². The summed E-state index contributed by atoms with van der Waals surface area (Å²) in [6, 6.07) is 13.2. The van der Waals surface area contributed by atoms with Crippen LogP contribution in [0.4, 0.5) is 0 Å². The van der Waals surface area contributed by atoms with E-state index in [9.17, 15) is 13.2 Å². The van der Waals surface area contributed by atoms with Crippen LogP contribution in [0.15, 0.2) is 53.4 Å². The standard InChI is InChI=1S/C19H23NO4S/c1-13(2)24-18-8-6-5-7-17(18)14(3)20-19(21)15-9-11-16(12-10-15)25(4,22)23/h5-14H,1-4H3,(H,20,21)/t14-/m1/s1. The molecule has 1 N–H and O–H groups in total. The number of ether oxygens (including phenoxy) is 1. The highest BCUT2D eigenvalue weighted by Crippen LogP contribution is 2.26. The van der Waals surface area contributed by atoms with Crippen molar-refractivity contribution in [1.29, 1.82) is 0 Å². The highest BCUT2D eigenvalue weighted by Gasteiger charge is 2.16. The lowest BCUT2D eigenvalue weighted by Crippen LogP contribution is -2.27. The second kappa shape index (κ2) is 7.70. The zero-order valence-electron chi connectivity index (χ0n) is 14.8. The summed E-state index contributed by atoms with van der Waals surface area (Å²) in [5.41, 5.74) is 1.29. The fourth-order valence-electron chi connectivity index (χ4n) is 2.41. The summed E-state index contributed by atoms with van der Waals surface area (Å²) in [5.74, 6) is 0.463. The van der Waals surface area contributed by atoms with Gasteiger partial charge in [0.05, 0.1) is 17.0 Å². The second-order valence-corrected chi connectivity index (χ2v) is 8.21. The summed E-state index contributed by atoms with van der Waals surface area (Å²) in [6.07, 6.45) is 1.17. The van der Waals surface area contributed by atoms with Crippen molar-refractivity contribution in [1.82, 2.24) is 5.32 Å². The van der Waals surface area contributed by atoms with Gasteiger partial charge in [-0.15, -0.1) is 0 Å². The van der Waals surface area contributed by atoms with E-state index in [1.165, 1.54) is 24.3 Å². The topological polar surface area (TPSA) is 72.5 Å². The van der Waals surface area contributed by atoms with Crippen molar-refractivity contribution in [2.75, 3.05) is 6.26 Å². The Morgan fingerprint density at radius 1 is 1.00 bits per heavy atom. The Bertz CT molecular complexity index is 842. The number of sulfone groups is 1. The monoisotopic (exact) mass is 361 g/mol. The average Bonchev–Trinajstić information content (AvgIpc) is 2.54. The number of hydrogen-bond acceptors (Lipinski definition) is 4. The quantitative estimate of drug-likeness (QED) is 0.856. The first kappa shape index (κ1) is 19.0. The molecule has 0 radical (unpaired) electrons. The number of carbonyl (C=O) groups excluding carboxylic acids is 1. The smallest absolute Gasteiger partial charge is 0.251 e. The normalized spacial score (nSPS) is 12.7. The molecule has 2 aromatic carbocycles. The van der Waals surface area contributed by atoms with Gasteiger partial charge in [0.15, 0.2) is 9.84 Å². The minimum atomic E-state index is -3.28. The SMILES string of the molecule is CC(C)Oc1ccccc1[C@@H](C)NC(=O)c1ccc(S(C)(=O)=O)cc1. The van der Waals surface area contributed by atoms with E-state index in [0.717, 1.165) is 17.6 Å². The van der Waals surface area contributed by atoms with E-state index in [4.69, 9.17) is 4.74 Å². The van der Waals surface area contributed by atoms with Gasteiger partial charge in [0, 0.05) is 17.4 Å². The van der Waals surface area contributed by atoms with E-state index in [1.807, 2.05) is 45.0 Å². The molecular formula is C19H23NO4S. The molecule has 25 heavy (non-hydrogen) atoms. The summed E-state index contributed by atoms with van der Waals surface area (Å²) >= 11 is 0. The molecule has 2 aromatic rings. The highest BCUT2D eigenvalue weighted by molar-refractivity contribution is 7.90. The van der Waals surface area contributed by atoms with Crippen molar-refractivity contribution in [3.63, 3.8) is 0 Å². The molecule has 0 aliphatic carbocycles. The van der Waals surface area contributed by atoms with Crippen LogP contribution in [0.2, 0.25) is 0 Å². The molecule has 0 bridgehead atoms. The minimum Gasteiger partial charge on any atom is -0.491 e. The first-order valence-corrected chi connectivity index (χ1v) is 9.94. The predicted molar refractivity (Wildman–Crippen MR) is 97.6 cm³/mol. The van der Waals surface area contributed by atoms with Crippen LogP contribution in [0.3, 0.4) is 0 Å². The fraction of sp³-hybridized carbons (Fsp3) is 0.316. The lowest BCUT2D eigenvalue weighted by Gasteiger charge is -2.20. The summed E-state index contributed by atoms with van der Waals surface area (Å²) in [6.45, 7) is 5.78. The van der Waals surface area contributed by atoms with Crippen LogP contribution < -0.4 is 10.1 Å². The van der Waals surface area contributed by atoms with Crippen LogP contribution in [0, 0.1) is 0 Å².